The van der Waals surface area contributed by atoms with Gasteiger partial charge in [-0.2, -0.15) is 4.31 Å². The second-order valence-corrected chi connectivity index (χ2v) is 10.7. The number of nitrogens with one attached hydrogen (secondary N) is 1. The number of sulfonamides is 1. The van der Waals surface area contributed by atoms with Crippen molar-refractivity contribution in [2.24, 2.45) is 0 Å². The minimum absolute atomic E-state index is 0.196. The number of carbonyl (C=O) groups excluding carboxylic acids is 1. The SMILES string of the molecule is O=C(NCc1ccccc1CN1CCCC1)c1cccc(S(=O)(=O)N2CCCCCC2)c1. The van der Waals surface area contributed by atoms with Crippen LogP contribution in [0.2, 0.25) is 0 Å². The number of nitrogens with zero attached hydrogens (tertiary/aromatic N) is 2. The van der Waals surface area contributed by atoms with Crippen molar-refractivity contribution >= 4 is 15.9 Å². The summed E-state index contributed by atoms with van der Waals surface area (Å²) in [5.74, 6) is -0.256. The number of hydrogen-bond donors (Lipinski definition) is 1. The van der Waals surface area contributed by atoms with E-state index in [1.54, 1.807) is 22.5 Å². The summed E-state index contributed by atoms with van der Waals surface area (Å²) in [5, 5.41) is 2.98. The molecule has 0 saturated carbocycles. The topological polar surface area (TPSA) is 69.7 Å². The molecule has 6 nitrogen and oxygen atoms in total. The molecule has 0 aromatic heterocycles. The monoisotopic (exact) mass is 455 g/mol. The van der Waals surface area contributed by atoms with Crippen LogP contribution in [0.1, 0.15) is 60.0 Å². The molecule has 32 heavy (non-hydrogen) atoms. The maximum Gasteiger partial charge on any atom is 0.251 e. The predicted molar refractivity (Wildman–Crippen MR) is 126 cm³/mol. The van der Waals surface area contributed by atoms with Gasteiger partial charge >= 0.3 is 0 Å². The molecular formula is C25H33N3O3S. The highest BCUT2D eigenvalue weighted by Crippen LogP contribution is 2.21. The van der Waals surface area contributed by atoms with E-state index in [4.69, 9.17) is 0 Å². The lowest BCUT2D eigenvalue weighted by molar-refractivity contribution is 0.0950. The Morgan fingerprint density at radius 2 is 1.47 bits per heavy atom. The number of rotatable bonds is 7. The van der Waals surface area contributed by atoms with E-state index in [0.717, 1.165) is 50.9 Å². The molecule has 0 spiro atoms. The molecule has 4 rings (SSSR count). The van der Waals surface area contributed by atoms with E-state index in [1.165, 1.54) is 24.5 Å². The predicted octanol–water partition coefficient (Wildman–Crippen LogP) is 3.78. The lowest BCUT2D eigenvalue weighted by Gasteiger charge is -2.20. The Morgan fingerprint density at radius 3 is 2.19 bits per heavy atom. The van der Waals surface area contributed by atoms with Crippen LogP contribution in [0.5, 0.6) is 0 Å². The first kappa shape index (κ1) is 23.0. The average molecular weight is 456 g/mol. The van der Waals surface area contributed by atoms with Crippen LogP contribution in [0.15, 0.2) is 53.4 Å². The van der Waals surface area contributed by atoms with Crippen molar-refractivity contribution in [1.29, 1.82) is 0 Å². The van der Waals surface area contributed by atoms with Gasteiger partial charge < -0.3 is 5.32 Å². The molecule has 0 unspecified atom stereocenters. The van der Waals surface area contributed by atoms with Crippen LogP contribution in [0.3, 0.4) is 0 Å². The molecule has 0 aliphatic carbocycles. The van der Waals surface area contributed by atoms with Crippen LogP contribution in [0.25, 0.3) is 0 Å². The van der Waals surface area contributed by atoms with E-state index in [0.29, 0.717) is 25.2 Å². The standard InChI is InChI=1S/C25H33N3O3S/c29-25(26-19-22-10-3-4-11-23(22)20-27-14-7-8-15-27)21-12-9-13-24(18-21)32(30,31)28-16-5-1-2-6-17-28/h3-4,9-13,18H,1-2,5-8,14-17,19-20H2,(H,26,29). The van der Waals surface area contributed by atoms with E-state index in [2.05, 4.69) is 16.3 Å². The van der Waals surface area contributed by atoms with Crippen molar-refractivity contribution in [2.75, 3.05) is 26.2 Å². The van der Waals surface area contributed by atoms with Crippen molar-refractivity contribution in [1.82, 2.24) is 14.5 Å². The Hall–Kier alpha value is -2.22. The largest absolute Gasteiger partial charge is 0.348 e. The summed E-state index contributed by atoms with van der Waals surface area (Å²) < 4.78 is 27.7. The number of likely N-dealkylation sites (tertiary alicyclic amines) is 1. The van der Waals surface area contributed by atoms with Gasteiger partial charge in [-0.15, -0.1) is 0 Å². The van der Waals surface area contributed by atoms with E-state index in [9.17, 15) is 13.2 Å². The highest BCUT2D eigenvalue weighted by atomic mass is 32.2. The van der Waals surface area contributed by atoms with E-state index in [-0.39, 0.29) is 10.8 Å². The smallest absolute Gasteiger partial charge is 0.251 e. The van der Waals surface area contributed by atoms with Gasteiger partial charge in [0, 0.05) is 31.7 Å². The molecule has 2 aromatic rings. The number of hydrogen-bond acceptors (Lipinski definition) is 4. The first-order valence-corrected chi connectivity index (χ1v) is 13.2. The van der Waals surface area contributed by atoms with Crippen LogP contribution in [-0.2, 0) is 23.1 Å². The zero-order valence-electron chi connectivity index (χ0n) is 18.6. The summed E-state index contributed by atoms with van der Waals surface area (Å²) in [4.78, 5) is 15.5. The van der Waals surface area contributed by atoms with Gasteiger partial charge in [-0.25, -0.2) is 8.42 Å². The first-order valence-electron chi connectivity index (χ1n) is 11.7. The van der Waals surface area contributed by atoms with Crippen molar-refractivity contribution < 1.29 is 13.2 Å². The lowest BCUT2D eigenvalue weighted by atomic mass is 10.1. The van der Waals surface area contributed by atoms with Gasteiger partial charge in [0.2, 0.25) is 10.0 Å². The van der Waals surface area contributed by atoms with Gasteiger partial charge in [-0.3, -0.25) is 9.69 Å². The molecule has 2 saturated heterocycles. The summed E-state index contributed by atoms with van der Waals surface area (Å²) in [6.07, 6.45) is 6.39. The normalized spacial score (nSPS) is 18.4. The highest BCUT2D eigenvalue weighted by molar-refractivity contribution is 7.89. The molecule has 0 bridgehead atoms. The molecule has 172 valence electrons. The number of carbonyl (C=O) groups is 1. The van der Waals surface area contributed by atoms with Gasteiger partial charge in [0.1, 0.15) is 0 Å². The molecule has 0 atom stereocenters. The summed E-state index contributed by atoms with van der Waals surface area (Å²) in [7, 11) is -3.58. The number of benzene rings is 2. The lowest BCUT2D eigenvalue weighted by Crippen LogP contribution is -2.32. The van der Waals surface area contributed by atoms with E-state index >= 15 is 0 Å². The first-order chi connectivity index (χ1) is 15.5. The second-order valence-electron chi connectivity index (χ2n) is 8.78. The van der Waals surface area contributed by atoms with Gasteiger partial charge in [0.15, 0.2) is 0 Å². The molecule has 1 amide bonds. The average Bonchev–Trinajstić information content (AvgIpc) is 3.16. The fourth-order valence-electron chi connectivity index (χ4n) is 4.57. The Balaban J connectivity index is 1.43. The summed E-state index contributed by atoms with van der Waals surface area (Å²) in [6.45, 7) is 4.67. The Labute approximate surface area is 191 Å². The van der Waals surface area contributed by atoms with E-state index in [1.807, 2.05) is 18.2 Å². The van der Waals surface area contributed by atoms with Gasteiger partial charge in [0.05, 0.1) is 4.90 Å². The molecule has 7 heteroatoms. The molecular weight excluding hydrogens is 422 g/mol. The van der Waals surface area contributed by atoms with Crippen molar-refractivity contribution in [3.63, 3.8) is 0 Å². The summed E-state index contributed by atoms with van der Waals surface area (Å²) in [6, 6.07) is 14.6. The van der Waals surface area contributed by atoms with Gasteiger partial charge in [0.25, 0.3) is 5.91 Å². The minimum Gasteiger partial charge on any atom is -0.348 e. The molecule has 1 N–H and O–H groups in total. The quantitative estimate of drug-likeness (QED) is 0.690. The third-order valence-corrected chi connectivity index (χ3v) is 8.34. The van der Waals surface area contributed by atoms with Crippen LogP contribution in [-0.4, -0.2) is 49.7 Å². The Kier molecular flexibility index (Phi) is 7.60. The molecule has 2 aliphatic rings. The summed E-state index contributed by atoms with van der Waals surface area (Å²) in [5.41, 5.74) is 2.70. The van der Waals surface area contributed by atoms with Gasteiger partial charge in [-0.05, 0) is 68.1 Å². The van der Waals surface area contributed by atoms with Crippen LogP contribution in [0, 0.1) is 0 Å². The molecule has 2 heterocycles. The Morgan fingerprint density at radius 1 is 0.812 bits per heavy atom. The minimum atomic E-state index is -3.58. The fraction of sp³-hybridized carbons (Fsp3) is 0.480. The fourth-order valence-corrected chi connectivity index (χ4v) is 6.14. The maximum atomic E-state index is 13.1. The summed E-state index contributed by atoms with van der Waals surface area (Å²) >= 11 is 0. The van der Waals surface area contributed by atoms with Crippen molar-refractivity contribution in [3.8, 4) is 0 Å². The molecule has 0 radical (unpaired) electrons. The van der Waals surface area contributed by atoms with Crippen LogP contribution < -0.4 is 5.32 Å². The van der Waals surface area contributed by atoms with Crippen LogP contribution in [0.4, 0.5) is 0 Å². The van der Waals surface area contributed by atoms with Crippen molar-refractivity contribution in [3.05, 3.63) is 65.2 Å². The molecule has 2 aliphatic heterocycles. The van der Waals surface area contributed by atoms with Crippen LogP contribution >= 0.6 is 0 Å². The zero-order valence-corrected chi connectivity index (χ0v) is 19.4. The molecule has 2 fully saturated rings. The third-order valence-electron chi connectivity index (χ3n) is 6.45. The zero-order chi connectivity index (χ0) is 22.4. The second kappa shape index (κ2) is 10.6. The number of amides is 1. The molecule has 2 aromatic carbocycles. The highest BCUT2D eigenvalue weighted by Gasteiger charge is 2.25. The maximum absolute atomic E-state index is 13.1. The van der Waals surface area contributed by atoms with Gasteiger partial charge in [-0.1, -0.05) is 43.2 Å². The van der Waals surface area contributed by atoms with Crippen molar-refractivity contribution in [2.45, 2.75) is 56.5 Å². The van der Waals surface area contributed by atoms with E-state index < -0.39 is 10.0 Å². The third kappa shape index (κ3) is 5.57. The Bertz CT molecular complexity index is 1020.